The van der Waals surface area contributed by atoms with Crippen molar-refractivity contribution >= 4 is 11.6 Å². The van der Waals surface area contributed by atoms with E-state index in [9.17, 15) is 4.79 Å². The number of rotatable bonds is 8. The van der Waals surface area contributed by atoms with Crippen LogP contribution in [0.25, 0.3) is 0 Å². The Labute approximate surface area is 175 Å². The Balaban J connectivity index is 1.32. The van der Waals surface area contributed by atoms with Crippen molar-refractivity contribution in [3.63, 3.8) is 0 Å². The van der Waals surface area contributed by atoms with Crippen molar-refractivity contribution in [3.8, 4) is 12.3 Å². The molecule has 1 saturated carbocycles. The smallest absolute Gasteiger partial charge is 0.222 e. The molecule has 1 aliphatic carbocycles. The molecule has 0 atom stereocenters. The van der Waals surface area contributed by atoms with E-state index in [1.54, 1.807) is 7.11 Å². The van der Waals surface area contributed by atoms with Crippen LogP contribution < -0.4 is 10.2 Å². The van der Waals surface area contributed by atoms with Crippen LogP contribution in [0.1, 0.15) is 44.1 Å². The second-order valence-corrected chi connectivity index (χ2v) is 8.34. The zero-order valence-corrected chi connectivity index (χ0v) is 17.7. The Morgan fingerprint density at radius 1 is 1.21 bits per heavy atom. The number of piperazine rings is 1. The largest absolute Gasteiger partial charge is 0.384 e. The van der Waals surface area contributed by atoms with E-state index >= 15 is 0 Å². The van der Waals surface area contributed by atoms with Gasteiger partial charge in [0.05, 0.1) is 6.61 Å². The van der Waals surface area contributed by atoms with Crippen LogP contribution in [0.15, 0.2) is 24.3 Å². The van der Waals surface area contributed by atoms with E-state index in [-0.39, 0.29) is 5.91 Å². The van der Waals surface area contributed by atoms with Crippen molar-refractivity contribution < 1.29 is 9.53 Å². The highest BCUT2D eigenvalue weighted by molar-refractivity contribution is 5.76. The van der Waals surface area contributed by atoms with Gasteiger partial charge >= 0.3 is 0 Å². The molecule has 0 aromatic heterocycles. The predicted molar refractivity (Wildman–Crippen MR) is 118 cm³/mol. The van der Waals surface area contributed by atoms with E-state index in [0.717, 1.165) is 50.5 Å². The molecule has 0 radical (unpaired) electrons. The van der Waals surface area contributed by atoms with Crippen LogP contribution in [-0.4, -0.2) is 63.3 Å². The molecule has 5 heteroatoms. The van der Waals surface area contributed by atoms with E-state index < -0.39 is 0 Å². The molecule has 0 unspecified atom stereocenters. The van der Waals surface area contributed by atoms with Gasteiger partial charge in [-0.3, -0.25) is 9.69 Å². The standard InChI is InChI=1S/C24H35N3O2/c1-3-20-5-4-6-23(19-20)27-16-14-26(15-17-27)13-11-21-7-9-22(10-8-21)25-24(28)12-18-29-2/h1,4-6,19,21-22H,7-18H2,2H3,(H,25,28)/t21-,22-. The normalized spacial score (nSPS) is 22.8. The number of benzene rings is 1. The third-order valence-corrected chi connectivity index (χ3v) is 6.35. The minimum absolute atomic E-state index is 0.126. The molecular formula is C24H35N3O2. The molecule has 1 aliphatic heterocycles. The molecule has 29 heavy (non-hydrogen) atoms. The average Bonchev–Trinajstić information content (AvgIpc) is 2.77. The molecule has 2 aliphatic rings. The van der Waals surface area contributed by atoms with Crippen LogP contribution in [0.2, 0.25) is 0 Å². The molecule has 1 aromatic rings. The van der Waals surface area contributed by atoms with Crippen LogP contribution in [0.3, 0.4) is 0 Å². The van der Waals surface area contributed by atoms with Crippen molar-refractivity contribution in [3.05, 3.63) is 29.8 Å². The lowest BCUT2D eigenvalue weighted by atomic mass is 9.84. The van der Waals surface area contributed by atoms with Crippen molar-refractivity contribution in [2.24, 2.45) is 5.92 Å². The van der Waals surface area contributed by atoms with Gasteiger partial charge in [-0.15, -0.1) is 6.42 Å². The summed E-state index contributed by atoms with van der Waals surface area (Å²) in [5, 5.41) is 3.16. The molecule has 2 fully saturated rings. The Hall–Kier alpha value is -2.03. The number of nitrogens with one attached hydrogen (secondary N) is 1. The molecule has 1 N–H and O–H groups in total. The predicted octanol–water partition coefficient (Wildman–Crippen LogP) is 2.89. The molecule has 1 amide bonds. The van der Waals surface area contributed by atoms with Crippen molar-refractivity contribution in [2.75, 3.05) is 51.3 Å². The third kappa shape index (κ3) is 6.76. The highest BCUT2D eigenvalue weighted by atomic mass is 16.5. The van der Waals surface area contributed by atoms with E-state index in [1.165, 1.54) is 31.5 Å². The first-order chi connectivity index (χ1) is 14.2. The molecule has 3 rings (SSSR count). The van der Waals surface area contributed by atoms with Crippen LogP contribution in [0.5, 0.6) is 0 Å². The molecule has 0 spiro atoms. The number of carbonyl (C=O) groups is 1. The number of hydrogen-bond acceptors (Lipinski definition) is 4. The molecule has 158 valence electrons. The lowest BCUT2D eigenvalue weighted by Crippen LogP contribution is -2.47. The van der Waals surface area contributed by atoms with E-state index in [1.807, 2.05) is 12.1 Å². The topological polar surface area (TPSA) is 44.8 Å². The number of anilines is 1. The fourth-order valence-electron chi connectivity index (χ4n) is 4.48. The molecule has 1 saturated heterocycles. The monoisotopic (exact) mass is 397 g/mol. The Bertz CT molecular complexity index is 684. The van der Waals surface area contributed by atoms with Gasteiger partial charge in [0.2, 0.25) is 5.91 Å². The summed E-state index contributed by atoms with van der Waals surface area (Å²) in [6.07, 6.45) is 12.0. The summed E-state index contributed by atoms with van der Waals surface area (Å²) in [5.74, 6) is 3.65. The molecule has 0 bridgehead atoms. The Kier molecular flexibility index (Phi) is 8.39. The highest BCUT2D eigenvalue weighted by Crippen LogP contribution is 2.27. The van der Waals surface area contributed by atoms with E-state index in [0.29, 0.717) is 19.1 Å². The maximum Gasteiger partial charge on any atom is 0.222 e. The first-order valence-electron chi connectivity index (χ1n) is 11.0. The summed E-state index contributed by atoms with van der Waals surface area (Å²) in [6.45, 7) is 6.05. The lowest BCUT2D eigenvalue weighted by Gasteiger charge is -2.37. The number of carbonyl (C=O) groups excluding carboxylic acids is 1. The molecule has 1 aromatic carbocycles. The fourth-order valence-corrected chi connectivity index (χ4v) is 4.48. The number of amides is 1. The zero-order valence-electron chi connectivity index (χ0n) is 17.7. The first-order valence-corrected chi connectivity index (χ1v) is 11.0. The molecule has 1 heterocycles. The lowest BCUT2D eigenvalue weighted by molar-refractivity contribution is -0.122. The summed E-state index contributed by atoms with van der Waals surface area (Å²) in [5.41, 5.74) is 2.20. The van der Waals surface area contributed by atoms with Crippen molar-refractivity contribution in [1.82, 2.24) is 10.2 Å². The summed E-state index contributed by atoms with van der Waals surface area (Å²) in [4.78, 5) is 16.9. The van der Waals surface area contributed by atoms with Gasteiger partial charge in [0.1, 0.15) is 0 Å². The van der Waals surface area contributed by atoms with Crippen molar-refractivity contribution in [1.29, 1.82) is 0 Å². The average molecular weight is 398 g/mol. The number of ether oxygens (including phenoxy) is 1. The highest BCUT2D eigenvalue weighted by Gasteiger charge is 2.24. The minimum atomic E-state index is 0.126. The van der Waals surface area contributed by atoms with Gasteiger partial charge in [-0.1, -0.05) is 12.0 Å². The van der Waals surface area contributed by atoms with Gasteiger partial charge in [-0.2, -0.15) is 0 Å². The van der Waals surface area contributed by atoms with Gasteiger partial charge in [0.25, 0.3) is 0 Å². The molecular weight excluding hydrogens is 362 g/mol. The van der Waals surface area contributed by atoms with Gasteiger partial charge in [-0.05, 0) is 62.8 Å². The number of nitrogens with zero attached hydrogens (tertiary/aromatic N) is 2. The van der Waals surface area contributed by atoms with Crippen LogP contribution in [0, 0.1) is 18.3 Å². The summed E-state index contributed by atoms with van der Waals surface area (Å²) >= 11 is 0. The molecule has 5 nitrogen and oxygen atoms in total. The Morgan fingerprint density at radius 2 is 1.97 bits per heavy atom. The quantitative estimate of drug-likeness (QED) is 0.685. The summed E-state index contributed by atoms with van der Waals surface area (Å²) < 4.78 is 4.97. The van der Waals surface area contributed by atoms with E-state index in [4.69, 9.17) is 11.2 Å². The summed E-state index contributed by atoms with van der Waals surface area (Å²) in [6, 6.07) is 8.66. The maximum atomic E-state index is 11.8. The summed E-state index contributed by atoms with van der Waals surface area (Å²) in [7, 11) is 1.63. The fraction of sp³-hybridized carbons (Fsp3) is 0.625. The van der Waals surface area contributed by atoms with E-state index in [2.05, 4.69) is 33.2 Å². The second-order valence-electron chi connectivity index (χ2n) is 8.34. The Morgan fingerprint density at radius 3 is 2.66 bits per heavy atom. The second kappa shape index (κ2) is 11.2. The first kappa shape index (κ1) is 21.7. The van der Waals surface area contributed by atoms with Crippen LogP contribution in [0.4, 0.5) is 5.69 Å². The van der Waals surface area contributed by atoms with Crippen LogP contribution in [-0.2, 0) is 9.53 Å². The third-order valence-electron chi connectivity index (χ3n) is 6.35. The number of hydrogen-bond donors (Lipinski definition) is 1. The van der Waals surface area contributed by atoms with Gasteiger partial charge in [-0.25, -0.2) is 0 Å². The SMILES string of the molecule is C#Cc1cccc(N2CCN(CC[C@H]3CC[C@H](NC(=O)CCOC)CC3)CC2)c1. The van der Waals surface area contributed by atoms with Crippen LogP contribution >= 0.6 is 0 Å². The number of terminal acetylenes is 1. The maximum absolute atomic E-state index is 11.8. The van der Waals surface area contributed by atoms with Gasteiger partial charge < -0.3 is 15.0 Å². The minimum Gasteiger partial charge on any atom is -0.384 e. The van der Waals surface area contributed by atoms with Gasteiger partial charge in [0.15, 0.2) is 0 Å². The van der Waals surface area contributed by atoms with Gasteiger partial charge in [0, 0.05) is 57.0 Å². The number of methoxy groups -OCH3 is 1. The van der Waals surface area contributed by atoms with Crippen molar-refractivity contribution in [2.45, 2.75) is 44.6 Å². The zero-order chi connectivity index (χ0) is 20.5.